The van der Waals surface area contributed by atoms with E-state index in [4.69, 9.17) is 16.4 Å². The van der Waals surface area contributed by atoms with E-state index >= 15 is 0 Å². The molecule has 0 unspecified atom stereocenters. The molecule has 5 nitrogen and oxygen atoms in total. The van der Waals surface area contributed by atoms with E-state index in [2.05, 4.69) is 5.48 Å². The Morgan fingerprint density at radius 3 is 2.48 bits per heavy atom. The molecule has 1 aromatic heterocycles. The molecule has 1 aromatic carbocycles. The molecule has 0 aliphatic rings. The second-order valence-electron chi connectivity index (χ2n) is 5.93. The first-order valence-corrected chi connectivity index (χ1v) is 9.49. The number of aromatic nitrogens is 1. The first-order valence-electron chi connectivity index (χ1n) is 9.11. The standard InChI is InChI=1S/C21H27ClN3O2/c1-4-24(5-2)21(26)16-25-15-18(11-12-20(25)22)19(13-14-27-23-3)17-9-7-6-8-10-17/h6-13,15,23H,4-5,14,16H2,1-3H3/q+1/b19-13+. The van der Waals surface area contributed by atoms with Crippen molar-refractivity contribution in [1.82, 2.24) is 10.4 Å². The van der Waals surface area contributed by atoms with Gasteiger partial charge in [0.15, 0.2) is 6.20 Å². The first kappa shape index (κ1) is 21.1. The van der Waals surface area contributed by atoms with E-state index in [-0.39, 0.29) is 12.5 Å². The van der Waals surface area contributed by atoms with Crippen LogP contribution in [-0.4, -0.2) is 37.6 Å². The minimum absolute atomic E-state index is 0.0489. The summed E-state index contributed by atoms with van der Waals surface area (Å²) in [4.78, 5) is 19.6. The number of carbonyl (C=O) groups is 1. The molecule has 0 saturated carbocycles. The van der Waals surface area contributed by atoms with Gasteiger partial charge in [-0.05, 0) is 48.7 Å². The minimum Gasteiger partial charge on any atom is -0.338 e. The van der Waals surface area contributed by atoms with Crippen LogP contribution in [-0.2, 0) is 16.2 Å². The fourth-order valence-corrected chi connectivity index (χ4v) is 3.03. The number of hydrogen-bond acceptors (Lipinski definition) is 3. The van der Waals surface area contributed by atoms with Crippen LogP contribution in [0.15, 0.2) is 54.7 Å². The van der Waals surface area contributed by atoms with Gasteiger partial charge in [-0.2, -0.15) is 4.57 Å². The smallest absolute Gasteiger partial charge is 0.288 e. The van der Waals surface area contributed by atoms with Gasteiger partial charge >= 0.3 is 0 Å². The molecule has 0 atom stereocenters. The van der Waals surface area contributed by atoms with Crippen LogP contribution in [0.4, 0.5) is 0 Å². The highest BCUT2D eigenvalue weighted by Gasteiger charge is 2.20. The van der Waals surface area contributed by atoms with E-state index < -0.39 is 0 Å². The average Bonchev–Trinajstić information content (AvgIpc) is 2.69. The van der Waals surface area contributed by atoms with Crippen molar-refractivity contribution >= 4 is 23.1 Å². The van der Waals surface area contributed by atoms with E-state index in [0.29, 0.717) is 24.8 Å². The second kappa shape index (κ2) is 10.8. The number of benzene rings is 1. The first-order chi connectivity index (χ1) is 13.1. The van der Waals surface area contributed by atoms with Crippen LogP contribution in [0, 0.1) is 0 Å². The Bertz CT molecular complexity index is 774. The van der Waals surface area contributed by atoms with Crippen molar-refractivity contribution in [2.75, 3.05) is 26.7 Å². The second-order valence-corrected chi connectivity index (χ2v) is 6.32. The molecule has 6 heteroatoms. The molecular formula is C21H27ClN3O2+. The van der Waals surface area contributed by atoms with Gasteiger partial charge in [-0.15, -0.1) is 0 Å². The summed E-state index contributed by atoms with van der Waals surface area (Å²) in [6.07, 6.45) is 3.92. The highest BCUT2D eigenvalue weighted by Crippen LogP contribution is 2.23. The van der Waals surface area contributed by atoms with Crippen molar-refractivity contribution in [2.45, 2.75) is 20.4 Å². The zero-order chi connectivity index (χ0) is 19.6. The van der Waals surface area contributed by atoms with Gasteiger partial charge in [-0.3, -0.25) is 9.63 Å². The number of amides is 1. The van der Waals surface area contributed by atoms with Crippen LogP contribution < -0.4 is 10.0 Å². The van der Waals surface area contributed by atoms with E-state index in [1.807, 2.05) is 68.6 Å². The van der Waals surface area contributed by atoms with Crippen molar-refractivity contribution < 1.29 is 14.2 Å². The van der Waals surface area contributed by atoms with Gasteiger partial charge in [0.2, 0.25) is 6.54 Å². The average molecular weight is 389 g/mol. The summed E-state index contributed by atoms with van der Waals surface area (Å²) in [6.45, 7) is 5.95. The van der Waals surface area contributed by atoms with Gasteiger partial charge in [0, 0.05) is 31.8 Å². The normalized spacial score (nSPS) is 11.5. The maximum Gasteiger partial charge on any atom is 0.288 e. The van der Waals surface area contributed by atoms with Crippen molar-refractivity contribution in [3.05, 3.63) is 71.0 Å². The molecular weight excluding hydrogens is 362 g/mol. The molecule has 0 fully saturated rings. The molecule has 1 amide bonds. The predicted molar refractivity (Wildman–Crippen MR) is 108 cm³/mol. The van der Waals surface area contributed by atoms with Gasteiger partial charge in [-0.1, -0.05) is 30.3 Å². The summed E-state index contributed by atoms with van der Waals surface area (Å²) in [5, 5.41) is 0.526. The fraction of sp³-hybridized carbons (Fsp3) is 0.333. The van der Waals surface area contributed by atoms with Crippen molar-refractivity contribution in [2.24, 2.45) is 0 Å². The maximum atomic E-state index is 12.5. The van der Waals surface area contributed by atoms with E-state index in [0.717, 1.165) is 16.7 Å². The lowest BCUT2D eigenvalue weighted by molar-refractivity contribution is -0.683. The summed E-state index contributed by atoms with van der Waals surface area (Å²) in [5.74, 6) is 0.0489. The number of nitrogens with zero attached hydrogens (tertiary/aromatic N) is 2. The highest BCUT2D eigenvalue weighted by atomic mass is 35.5. The minimum atomic E-state index is 0.0489. The number of hydrogen-bond donors (Lipinski definition) is 1. The van der Waals surface area contributed by atoms with Crippen molar-refractivity contribution in [3.8, 4) is 0 Å². The van der Waals surface area contributed by atoms with Crippen molar-refractivity contribution in [3.63, 3.8) is 0 Å². The van der Waals surface area contributed by atoms with Crippen LogP contribution >= 0.6 is 11.6 Å². The highest BCUT2D eigenvalue weighted by molar-refractivity contribution is 6.28. The van der Waals surface area contributed by atoms with Crippen LogP contribution in [0.25, 0.3) is 5.57 Å². The molecule has 0 bridgehead atoms. The Morgan fingerprint density at radius 1 is 1.15 bits per heavy atom. The van der Waals surface area contributed by atoms with Gasteiger partial charge in [0.25, 0.3) is 11.1 Å². The van der Waals surface area contributed by atoms with E-state index in [9.17, 15) is 4.79 Å². The van der Waals surface area contributed by atoms with Crippen LogP contribution in [0.2, 0.25) is 5.15 Å². The molecule has 0 aliphatic carbocycles. The summed E-state index contributed by atoms with van der Waals surface area (Å²) < 4.78 is 1.78. The fourth-order valence-electron chi connectivity index (χ4n) is 2.86. The number of hydroxylamine groups is 1. The topological polar surface area (TPSA) is 45.5 Å². The maximum absolute atomic E-state index is 12.5. The number of halogens is 1. The van der Waals surface area contributed by atoms with Crippen LogP contribution in [0.5, 0.6) is 0 Å². The predicted octanol–water partition coefficient (Wildman–Crippen LogP) is 3.08. The molecule has 0 aliphatic heterocycles. The third kappa shape index (κ3) is 5.89. The molecule has 1 heterocycles. The molecule has 0 saturated heterocycles. The Kier molecular flexibility index (Phi) is 8.45. The third-order valence-corrected chi connectivity index (χ3v) is 4.65. The van der Waals surface area contributed by atoms with E-state index in [1.165, 1.54) is 0 Å². The summed E-state index contributed by atoms with van der Waals surface area (Å²) in [7, 11) is 1.73. The number of carbonyl (C=O) groups excluding carboxylic acids is 1. The monoisotopic (exact) mass is 388 g/mol. The molecule has 0 spiro atoms. The SMILES string of the molecule is CCN(CC)C(=O)C[n+]1cc(/C(=C/CONC)c2ccccc2)ccc1Cl. The number of likely N-dealkylation sites (N-methyl/N-ethyl adjacent to an activating group) is 1. The zero-order valence-corrected chi connectivity index (χ0v) is 16.9. The van der Waals surface area contributed by atoms with E-state index in [1.54, 1.807) is 16.5 Å². The van der Waals surface area contributed by atoms with Gasteiger partial charge < -0.3 is 4.90 Å². The Morgan fingerprint density at radius 2 is 1.85 bits per heavy atom. The zero-order valence-electron chi connectivity index (χ0n) is 16.1. The number of nitrogens with one attached hydrogen (secondary N) is 1. The summed E-state index contributed by atoms with van der Waals surface area (Å²) >= 11 is 6.35. The lowest BCUT2D eigenvalue weighted by Gasteiger charge is -2.17. The molecule has 144 valence electrons. The Hall–Kier alpha value is -2.21. The van der Waals surface area contributed by atoms with Gasteiger partial charge in [0.05, 0.1) is 6.61 Å². The molecule has 0 radical (unpaired) electrons. The van der Waals surface area contributed by atoms with Gasteiger partial charge in [0.1, 0.15) is 0 Å². The molecule has 2 aromatic rings. The summed E-state index contributed by atoms with van der Waals surface area (Å²) in [6, 6.07) is 13.8. The van der Waals surface area contributed by atoms with Gasteiger partial charge in [-0.25, -0.2) is 5.48 Å². The molecule has 1 N–H and O–H groups in total. The van der Waals surface area contributed by atoms with Crippen molar-refractivity contribution in [1.29, 1.82) is 0 Å². The number of rotatable bonds is 9. The largest absolute Gasteiger partial charge is 0.338 e. The Balaban J connectivity index is 2.37. The third-order valence-electron chi connectivity index (χ3n) is 4.30. The lowest BCUT2D eigenvalue weighted by atomic mass is 9.99. The number of pyridine rings is 1. The summed E-state index contributed by atoms with van der Waals surface area (Å²) in [5.41, 5.74) is 5.74. The molecule has 2 rings (SSSR count). The Labute approximate surface area is 166 Å². The van der Waals surface area contributed by atoms with Crippen LogP contribution in [0.3, 0.4) is 0 Å². The van der Waals surface area contributed by atoms with Crippen LogP contribution in [0.1, 0.15) is 25.0 Å². The quantitative estimate of drug-likeness (QED) is 0.311. The lowest BCUT2D eigenvalue weighted by Crippen LogP contribution is -2.45. The molecule has 27 heavy (non-hydrogen) atoms.